The SMILES string of the molecule is Cc1ccc(C(=O)[C@H](C)OC(=O)/C=C/c2c(C)nn(C)c2C)cc1. The lowest BCUT2D eigenvalue weighted by Gasteiger charge is -2.11. The van der Waals surface area contributed by atoms with Crippen LogP contribution < -0.4 is 0 Å². The van der Waals surface area contributed by atoms with Crippen LogP contribution in [-0.4, -0.2) is 27.6 Å². The number of rotatable bonds is 5. The number of esters is 1. The molecule has 1 aromatic heterocycles. The van der Waals surface area contributed by atoms with Gasteiger partial charge in [0, 0.05) is 29.9 Å². The summed E-state index contributed by atoms with van der Waals surface area (Å²) in [7, 11) is 1.85. The maximum absolute atomic E-state index is 12.3. The summed E-state index contributed by atoms with van der Waals surface area (Å²) >= 11 is 0. The highest BCUT2D eigenvalue weighted by molar-refractivity contribution is 6.01. The molecule has 126 valence electrons. The molecule has 1 aromatic carbocycles. The number of ether oxygens (including phenoxy) is 1. The number of aromatic nitrogens is 2. The highest BCUT2D eigenvalue weighted by Gasteiger charge is 2.18. The lowest BCUT2D eigenvalue weighted by atomic mass is 10.1. The van der Waals surface area contributed by atoms with Crippen LogP contribution in [0.5, 0.6) is 0 Å². The smallest absolute Gasteiger partial charge is 0.331 e. The van der Waals surface area contributed by atoms with Crippen molar-refractivity contribution < 1.29 is 14.3 Å². The predicted molar refractivity (Wildman–Crippen MR) is 92.8 cm³/mol. The molecule has 2 aromatic rings. The second kappa shape index (κ2) is 7.25. The minimum Gasteiger partial charge on any atom is -0.451 e. The molecule has 0 amide bonds. The van der Waals surface area contributed by atoms with Gasteiger partial charge in [0.05, 0.1) is 5.69 Å². The summed E-state index contributed by atoms with van der Waals surface area (Å²) < 4.78 is 6.96. The number of aryl methyl sites for hydroxylation is 3. The van der Waals surface area contributed by atoms with Crippen molar-refractivity contribution in [1.82, 2.24) is 9.78 Å². The van der Waals surface area contributed by atoms with E-state index in [1.807, 2.05) is 40.0 Å². The van der Waals surface area contributed by atoms with Crippen molar-refractivity contribution in [1.29, 1.82) is 0 Å². The quantitative estimate of drug-likeness (QED) is 0.481. The first-order chi connectivity index (χ1) is 11.3. The Balaban J connectivity index is 2.02. The molecule has 0 fully saturated rings. The number of hydrogen-bond donors (Lipinski definition) is 0. The molecular weight excluding hydrogens is 304 g/mol. The standard InChI is InChI=1S/C19H22N2O3/c1-12-6-8-16(9-7-12)19(23)15(4)24-18(22)11-10-17-13(2)20-21(5)14(17)3/h6-11,15H,1-5H3/b11-10+/t15-/m0/s1. The Hall–Kier alpha value is -2.69. The highest BCUT2D eigenvalue weighted by Crippen LogP contribution is 2.14. The minimum atomic E-state index is -0.832. The zero-order valence-corrected chi connectivity index (χ0v) is 14.7. The Labute approximate surface area is 141 Å². The number of ketones is 1. The van der Waals surface area contributed by atoms with E-state index in [9.17, 15) is 9.59 Å². The van der Waals surface area contributed by atoms with E-state index in [1.54, 1.807) is 29.8 Å². The lowest BCUT2D eigenvalue weighted by molar-refractivity contribution is -0.140. The van der Waals surface area contributed by atoms with Gasteiger partial charge < -0.3 is 4.74 Å². The van der Waals surface area contributed by atoms with Crippen molar-refractivity contribution in [3.8, 4) is 0 Å². The number of carbonyl (C=O) groups is 2. The third-order valence-electron chi connectivity index (χ3n) is 3.95. The van der Waals surface area contributed by atoms with Crippen LogP contribution in [0.4, 0.5) is 0 Å². The molecule has 1 heterocycles. The Morgan fingerprint density at radius 1 is 1.17 bits per heavy atom. The third-order valence-corrected chi connectivity index (χ3v) is 3.95. The second-order valence-corrected chi connectivity index (χ2v) is 5.85. The monoisotopic (exact) mass is 326 g/mol. The Bertz CT molecular complexity index is 786. The molecule has 0 saturated heterocycles. The van der Waals surface area contributed by atoms with Gasteiger partial charge in [-0.15, -0.1) is 0 Å². The molecule has 0 saturated carbocycles. The van der Waals surface area contributed by atoms with Gasteiger partial charge in [0.1, 0.15) is 0 Å². The summed E-state index contributed by atoms with van der Waals surface area (Å²) in [5, 5.41) is 4.28. The molecular formula is C19H22N2O3. The van der Waals surface area contributed by atoms with Crippen molar-refractivity contribution in [3.05, 3.63) is 58.4 Å². The van der Waals surface area contributed by atoms with Crippen LogP contribution in [0.2, 0.25) is 0 Å². The fourth-order valence-electron chi connectivity index (χ4n) is 2.40. The maximum atomic E-state index is 12.3. The van der Waals surface area contributed by atoms with Crippen LogP contribution in [0.3, 0.4) is 0 Å². The number of Topliss-reactive ketones (excluding diaryl/α,β-unsaturated/α-hetero) is 1. The van der Waals surface area contributed by atoms with Crippen LogP contribution in [0, 0.1) is 20.8 Å². The fourth-order valence-corrected chi connectivity index (χ4v) is 2.40. The Morgan fingerprint density at radius 2 is 1.79 bits per heavy atom. The zero-order chi connectivity index (χ0) is 17.9. The fraction of sp³-hybridized carbons (Fsp3) is 0.316. The molecule has 0 aliphatic rings. The molecule has 0 N–H and O–H groups in total. The van der Waals surface area contributed by atoms with Gasteiger partial charge in [0.15, 0.2) is 6.10 Å². The molecule has 0 radical (unpaired) electrons. The van der Waals surface area contributed by atoms with Crippen molar-refractivity contribution in [2.45, 2.75) is 33.8 Å². The van der Waals surface area contributed by atoms with E-state index in [1.165, 1.54) is 6.08 Å². The first-order valence-corrected chi connectivity index (χ1v) is 7.79. The average Bonchev–Trinajstić information content (AvgIpc) is 2.78. The highest BCUT2D eigenvalue weighted by atomic mass is 16.5. The van der Waals surface area contributed by atoms with Crippen molar-refractivity contribution >= 4 is 17.8 Å². The first kappa shape index (κ1) is 17.7. The van der Waals surface area contributed by atoms with Gasteiger partial charge >= 0.3 is 5.97 Å². The van der Waals surface area contributed by atoms with Gasteiger partial charge in [-0.2, -0.15) is 5.10 Å². The number of hydrogen-bond acceptors (Lipinski definition) is 4. The second-order valence-electron chi connectivity index (χ2n) is 5.85. The van der Waals surface area contributed by atoms with Crippen molar-refractivity contribution in [2.24, 2.45) is 7.05 Å². The van der Waals surface area contributed by atoms with Crippen LogP contribution in [0.25, 0.3) is 6.08 Å². The van der Waals surface area contributed by atoms with Gasteiger partial charge in [-0.05, 0) is 33.8 Å². The third kappa shape index (κ3) is 3.98. The average molecular weight is 326 g/mol. The van der Waals surface area contributed by atoms with Crippen molar-refractivity contribution in [3.63, 3.8) is 0 Å². The van der Waals surface area contributed by atoms with E-state index < -0.39 is 12.1 Å². The largest absolute Gasteiger partial charge is 0.451 e. The van der Waals surface area contributed by atoms with Crippen LogP contribution in [0.15, 0.2) is 30.3 Å². The van der Waals surface area contributed by atoms with Crippen LogP contribution >= 0.6 is 0 Å². The number of nitrogens with zero attached hydrogens (tertiary/aromatic N) is 2. The molecule has 0 aliphatic carbocycles. The minimum absolute atomic E-state index is 0.217. The van der Waals surface area contributed by atoms with E-state index >= 15 is 0 Å². The Kier molecular flexibility index (Phi) is 5.34. The summed E-state index contributed by atoms with van der Waals surface area (Å²) in [4.78, 5) is 24.2. The summed E-state index contributed by atoms with van der Waals surface area (Å²) in [6.45, 7) is 7.33. The lowest BCUT2D eigenvalue weighted by Crippen LogP contribution is -2.23. The molecule has 0 aliphatic heterocycles. The number of carbonyl (C=O) groups excluding carboxylic acids is 2. The molecule has 0 bridgehead atoms. The maximum Gasteiger partial charge on any atom is 0.331 e. The van der Waals surface area contributed by atoms with Gasteiger partial charge in [0.25, 0.3) is 0 Å². The molecule has 0 spiro atoms. The molecule has 2 rings (SSSR count). The van der Waals surface area contributed by atoms with Crippen LogP contribution in [-0.2, 0) is 16.6 Å². The summed E-state index contributed by atoms with van der Waals surface area (Å²) in [6, 6.07) is 7.19. The first-order valence-electron chi connectivity index (χ1n) is 7.79. The summed E-state index contributed by atoms with van der Waals surface area (Å²) in [5.41, 5.74) is 4.28. The molecule has 1 atom stereocenters. The van der Waals surface area contributed by atoms with Crippen molar-refractivity contribution in [2.75, 3.05) is 0 Å². The van der Waals surface area contributed by atoms with E-state index in [2.05, 4.69) is 5.10 Å². The summed E-state index contributed by atoms with van der Waals surface area (Å²) in [5.74, 6) is -0.767. The molecule has 0 unspecified atom stereocenters. The molecule has 5 heteroatoms. The summed E-state index contributed by atoms with van der Waals surface area (Å²) in [6.07, 6.45) is 2.17. The van der Waals surface area contributed by atoms with E-state index in [-0.39, 0.29) is 5.78 Å². The molecule has 24 heavy (non-hydrogen) atoms. The topological polar surface area (TPSA) is 61.2 Å². The Morgan fingerprint density at radius 3 is 2.33 bits per heavy atom. The number of benzene rings is 1. The zero-order valence-electron chi connectivity index (χ0n) is 14.7. The molecule has 5 nitrogen and oxygen atoms in total. The van der Waals surface area contributed by atoms with Crippen LogP contribution in [0.1, 0.15) is 39.8 Å². The van der Waals surface area contributed by atoms with E-state index in [0.717, 1.165) is 22.5 Å². The van der Waals surface area contributed by atoms with E-state index in [0.29, 0.717) is 5.56 Å². The van der Waals surface area contributed by atoms with Gasteiger partial charge in [-0.3, -0.25) is 9.48 Å². The predicted octanol–water partition coefficient (Wildman–Crippen LogP) is 3.17. The van der Waals surface area contributed by atoms with Gasteiger partial charge in [-0.25, -0.2) is 4.79 Å². The van der Waals surface area contributed by atoms with E-state index in [4.69, 9.17) is 4.74 Å². The normalized spacial score (nSPS) is 12.4. The van der Waals surface area contributed by atoms with Gasteiger partial charge in [-0.1, -0.05) is 29.8 Å². The van der Waals surface area contributed by atoms with Gasteiger partial charge in [0.2, 0.25) is 5.78 Å².